The standard InChI is InChI=1S/C14H20ClN3O/c1-19-5-4-18-10(7-15)16-17-14(18)13-11-8-2-3-9(6-8)12(11)13/h8-9,11-13H,2-7H2,1H3. The van der Waals surface area contributed by atoms with Gasteiger partial charge in [-0.25, -0.2) is 0 Å². The van der Waals surface area contributed by atoms with Crippen molar-refractivity contribution in [3.05, 3.63) is 11.6 Å². The number of ether oxygens (including phenoxy) is 1. The third kappa shape index (κ3) is 1.69. The predicted molar refractivity (Wildman–Crippen MR) is 72.0 cm³/mol. The summed E-state index contributed by atoms with van der Waals surface area (Å²) in [6.45, 7) is 1.52. The van der Waals surface area contributed by atoms with Gasteiger partial charge >= 0.3 is 0 Å². The number of hydrogen-bond acceptors (Lipinski definition) is 3. The molecule has 3 saturated carbocycles. The van der Waals surface area contributed by atoms with E-state index in [9.17, 15) is 0 Å². The van der Waals surface area contributed by atoms with Crippen molar-refractivity contribution in [2.24, 2.45) is 23.7 Å². The van der Waals surface area contributed by atoms with Crippen LogP contribution in [0.1, 0.15) is 36.8 Å². The van der Waals surface area contributed by atoms with E-state index in [4.69, 9.17) is 16.3 Å². The van der Waals surface area contributed by atoms with Crippen LogP contribution in [0.5, 0.6) is 0 Å². The molecule has 2 bridgehead atoms. The lowest BCUT2D eigenvalue weighted by Gasteiger charge is -2.11. The molecule has 0 radical (unpaired) electrons. The first kappa shape index (κ1) is 12.2. The Kier molecular flexibility index (Phi) is 2.85. The second-order valence-corrected chi connectivity index (χ2v) is 6.53. The highest BCUT2D eigenvalue weighted by atomic mass is 35.5. The summed E-state index contributed by atoms with van der Waals surface area (Å²) in [6, 6.07) is 0. The van der Waals surface area contributed by atoms with Gasteiger partial charge in [-0.1, -0.05) is 0 Å². The van der Waals surface area contributed by atoms with E-state index in [-0.39, 0.29) is 0 Å². The van der Waals surface area contributed by atoms with Gasteiger partial charge in [0.2, 0.25) is 0 Å². The number of rotatable bonds is 5. The van der Waals surface area contributed by atoms with Crippen molar-refractivity contribution in [1.29, 1.82) is 0 Å². The Morgan fingerprint density at radius 3 is 2.63 bits per heavy atom. The topological polar surface area (TPSA) is 39.9 Å². The van der Waals surface area contributed by atoms with Crippen LogP contribution in [-0.4, -0.2) is 28.5 Å². The zero-order chi connectivity index (χ0) is 13.0. The second-order valence-electron chi connectivity index (χ2n) is 6.27. The van der Waals surface area contributed by atoms with E-state index in [0.29, 0.717) is 18.4 Å². The van der Waals surface area contributed by atoms with Gasteiger partial charge < -0.3 is 9.30 Å². The maximum Gasteiger partial charge on any atom is 0.148 e. The van der Waals surface area contributed by atoms with Gasteiger partial charge in [-0.05, 0) is 42.9 Å². The molecule has 1 heterocycles. The number of hydrogen-bond donors (Lipinski definition) is 0. The Morgan fingerprint density at radius 2 is 2.00 bits per heavy atom. The quantitative estimate of drug-likeness (QED) is 0.778. The summed E-state index contributed by atoms with van der Waals surface area (Å²) in [5, 5.41) is 8.73. The largest absolute Gasteiger partial charge is 0.383 e. The molecule has 0 amide bonds. The maximum atomic E-state index is 5.98. The number of methoxy groups -OCH3 is 1. The summed E-state index contributed by atoms with van der Waals surface area (Å²) < 4.78 is 7.41. The number of nitrogens with zero attached hydrogens (tertiary/aromatic N) is 3. The van der Waals surface area contributed by atoms with Crippen molar-refractivity contribution < 1.29 is 4.74 Å². The zero-order valence-corrected chi connectivity index (χ0v) is 12.0. The molecule has 0 saturated heterocycles. The highest BCUT2D eigenvalue weighted by Gasteiger charge is 2.66. The van der Waals surface area contributed by atoms with Crippen LogP contribution in [0.4, 0.5) is 0 Å². The molecule has 19 heavy (non-hydrogen) atoms. The Balaban J connectivity index is 1.60. The van der Waals surface area contributed by atoms with Gasteiger partial charge in [-0.3, -0.25) is 0 Å². The lowest BCUT2D eigenvalue weighted by molar-refractivity contribution is 0.185. The molecule has 4 nitrogen and oxygen atoms in total. The molecular weight excluding hydrogens is 262 g/mol. The Morgan fingerprint density at radius 1 is 1.26 bits per heavy atom. The predicted octanol–water partition coefficient (Wildman–Crippen LogP) is 2.42. The van der Waals surface area contributed by atoms with Gasteiger partial charge in [0.25, 0.3) is 0 Å². The third-order valence-corrected chi connectivity index (χ3v) is 5.77. The van der Waals surface area contributed by atoms with E-state index >= 15 is 0 Å². The number of fused-ring (bicyclic) bond motifs is 5. The van der Waals surface area contributed by atoms with Crippen molar-refractivity contribution in [3.63, 3.8) is 0 Å². The average molecular weight is 282 g/mol. The Labute approximate surface area is 118 Å². The van der Waals surface area contributed by atoms with Crippen LogP contribution in [-0.2, 0) is 17.2 Å². The van der Waals surface area contributed by atoms with Crippen molar-refractivity contribution in [2.75, 3.05) is 13.7 Å². The highest BCUT2D eigenvalue weighted by Crippen LogP contribution is 2.72. The minimum absolute atomic E-state index is 0.436. The molecule has 0 aromatic carbocycles. The van der Waals surface area contributed by atoms with Crippen molar-refractivity contribution in [3.8, 4) is 0 Å². The van der Waals surface area contributed by atoms with Gasteiger partial charge in [0.1, 0.15) is 11.6 Å². The van der Waals surface area contributed by atoms with Gasteiger partial charge in [0.15, 0.2) is 0 Å². The molecule has 1 aromatic heterocycles. The maximum absolute atomic E-state index is 5.98. The van der Waals surface area contributed by atoms with Crippen molar-refractivity contribution in [2.45, 2.75) is 37.6 Å². The van der Waals surface area contributed by atoms with Crippen LogP contribution in [0.2, 0.25) is 0 Å². The van der Waals surface area contributed by atoms with E-state index < -0.39 is 0 Å². The summed E-state index contributed by atoms with van der Waals surface area (Å²) >= 11 is 5.98. The van der Waals surface area contributed by atoms with E-state index in [0.717, 1.165) is 36.0 Å². The van der Waals surface area contributed by atoms with Crippen molar-refractivity contribution >= 4 is 11.6 Å². The van der Waals surface area contributed by atoms with Gasteiger partial charge in [0.05, 0.1) is 12.5 Å². The molecule has 1 aromatic rings. The van der Waals surface area contributed by atoms with Crippen LogP contribution in [0, 0.1) is 23.7 Å². The molecule has 0 N–H and O–H groups in total. The molecule has 5 heteroatoms. The number of halogens is 1. The van der Waals surface area contributed by atoms with Crippen LogP contribution in [0.3, 0.4) is 0 Å². The summed E-state index contributed by atoms with van der Waals surface area (Å²) in [4.78, 5) is 0. The fraction of sp³-hybridized carbons (Fsp3) is 0.857. The first-order chi connectivity index (χ1) is 9.35. The summed E-state index contributed by atoms with van der Waals surface area (Å²) in [7, 11) is 1.73. The zero-order valence-electron chi connectivity index (χ0n) is 11.3. The number of alkyl halides is 1. The van der Waals surface area contributed by atoms with Crippen molar-refractivity contribution in [1.82, 2.24) is 14.8 Å². The lowest BCUT2D eigenvalue weighted by Crippen LogP contribution is -2.12. The van der Waals surface area contributed by atoms with Crippen LogP contribution >= 0.6 is 11.6 Å². The number of aromatic nitrogens is 3. The first-order valence-corrected chi connectivity index (χ1v) is 7.85. The fourth-order valence-electron chi connectivity index (χ4n) is 4.79. The molecule has 4 unspecified atom stereocenters. The fourth-order valence-corrected chi connectivity index (χ4v) is 4.99. The van der Waals surface area contributed by atoms with E-state index in [2.05, 4.69) is 14.8 Å². The minimum atomic E-state index is 0.436. The van der Waals surface area contributed by atoms with Crippen LogP contribution in [0.15, 0.2) is 0 Å². The monoisotopic (exact) mass is 281 g/mol. The molecular formula is C14H20ClN3O. The lowest BCUT2D eigenvalue weighted by atomic mass is 10.0. The normalized spacial score (nSPS) is 38.7. The molecule has 0 spiro atoms. The van der Waals surface area contributed by atoms with Crippen LogP contribution in [0.25, 0.3) is 0 Å². The molecule has 3 aliphatic carbocycles. The molecule has 4 atom stereocenters. The average Bonchev–Trinajstić information content (AvgIpc) is 2.82. The van der Waals surface area contributed by atoms with E-state index in [1.165, 1.54) is 25.1 Å². The summed E-state index contributed by atoms with van der Waals surface area (Å²) in [6.07, 6.45) is 4.36. The molecule has 0 aliphatic heterocycles. The minimum Gasteiger partial charge on any atom is -0.383 e. The highest BCUT2D eigenvalue weighted by molar-refractivity contribution is 6.16. The van der Waals surface area contributed by atoms with Gasteiger partial charge in [-0.15, -0.1) is 21.8 Å². The van der Waals surface area contributed by atoms with E-state index in [1.807, 2.05) is 0 Å². The Bertz CT molecular complexity index is 473. The smallest absolute Gasteiger partial charge is 0.148 e. The molecule has 3 aliphatic rings. The van der Waals surface area contributed by atoms with Gasteiger partial charge in [0, 0.05) is 19.6 Å². The molecule has 104 valence electrons. The van der Waals surface area contributed by atoms with Gasteiger partial charge in [-0.2, -0.15) is 0 Å². The summed E-state index contributed by atoms with van der Waals surface area (Å²) in [5.74, 6) is 6.89. The van der Waals surface area contributed by atoms with E-state index in [1.54, 1.807) is 7.11 Å². The SMILES string of the molecule is COCCn1c(CCl)nnc1C1C2C3CCC(C3)C12. The molecule has 4 rings (SSSR count). The Hall–Kier alpha value is -0.610. The molecule has 3 fully saturated rings. The van der Waals surface area contributed by atoms with Crippen LogP contribution < -0.4 is 0 Å². The first-order valence-electron chi connectivity index (χ1n) is 7.32. The third-order valence-electron chi connectivity index (χ3n) is 5.53. The summed E-state index contributed by atoms with van der Waals surface area (Å²) in [5.41, 5.74) is 0. The second kappa shape index (κ2) is 4.45.